The fourth-order valence-electron chi connectivity index (χ4n) is 0.972. The van der Waals surface area contributed by atoms with Crippen molar-refractivity contribution < 1.29 is 5.11 Å². The van der Waals surface area contributed by atoms with Crippen molar-refractivity contribution in [3.63, 3.8) is 0 Å². The number of rotatable bonds is 2. The monoisotopic (exact) mass is 167 g/mol. The van der Waals surface area contributed by atoms with Gasteiger partial charge in [0.2, 0.25) is 0 Å². The summed E-state index contributed by atoms with van der Waals surface area (Å²) >= 11 is 0. The van der Waals surface area contributed by atoms with Gasteiger partial charge in [-0.1, -0.05) is 6.07 Å². The lowest BCUT2D eigenvalue weighted by Gasteiger charge is -2.09. The molecule has 12 heavy (non-hydrogen) atoms. The van der Waals surface area contributed by atoms with E-state index in [1.54, 1.807) is 24.7 Å². The highest BCUT2D eigenvalue weighted by atomic mass is 16.3. The summed E-state index contributed by atoms with van der Waals surface area (Å²) in [5.41, 5.74) is 3.38. The Morgan fingerprint density at radius 2 is 2.33 bits per heavy atom. The summed E-state index contributed by atoms with van der Waals surface area (Å²) < 4.78 is 1.66. The van der Waals surface area contributed by atoms with Crippen LogP contribution in [0, 0.1) is 0 Å². The maximum atomic E-state index is 9.31. The summed E-state index contributed by atoms with van der Waals surface area (Å²) in [6.07, 6.45) is 1.22. The number of nitrogens with zero attached hydrogens (tertiary/aromatic N) is 2. The molecule has 0 radical (unpaired) electrons. The second-order valence-electron chi connectivity index (χ2n) is 2.43. The van der Waals surface area contributed by atoms with E-state index in [-0.39, 0.29) is 0 Å². The molecular weight excluding hydrogens is 154 g/mol. The van der Waals surface area contributed by atoms with Crippen LogP contribution in [0.5, 0.6) is 0 Å². The van der Waals surface area contributed by atoms with Gasteiger partial charge in [-0.2, -0.15) is 5.10 Å². The van der Waals surface area contributed by atoms with Gasteiger partial charge in [0.15, 0.2) is 5.49 Å². The fraction of sp³-hybridized carbons (Fsp3) is 0.375. The summed E-state index contributed by atoms with van der Waals surface area (Å²) in [5.74, 6) is 0. The number of aliphatic hydroxyl groups excluding tert-OH is 1. The van der Waals surface area contributed by atoms with E-state index in [0.29, 0.717) is 5.49 Å². The molecule has 1 aromatic rings. The molecule has 1 aromatic heterocycles. The third kappa shape index (κ3) is 1.85. The molecule has 1 atom stereocenters. The first-order valence-electron chi connectivity index (χ1n) is 3.81. The first-order valence-corrected chi connectivity index (χ1v) is 3.81. The van der Waals surface area contributed by atoms with Crippen LogP contribution in [-0.2, 0) is 0 Å². The van der Waals surface area contributed by atoms with Crippen LogP contribution < -0.4 is 10.9 Å². The average Bonchev–Trinajstić information content (AvgIpc) is 2.05. The van der Waals surface area contributed by atoms with Crippen LogP contribution in [-0.4, -0.2) is 16.7 Å². The molecule has 0 spiro atoms. The molecule has 0 unspecified atom stereocenters. The van der Waals surface area contributed by atoms with Gasteiger partial charge in [0, 0.05) is 13.2 Å². The zero-order valence-corrected chi connectivity index (χ0v) is 7.23. The Bertz CT molecular complexity index is 303. The molecule has 0 aromatic carbocycles. The van der Waals surface area contributed by atoms with Crippen LogP contribution in [0.3, 0.4) is 0 Å². The molecule has 0 saturated heterocycles. The summed E-state index contributed by atoms with van der Waals surface area (Å²) in [5, 5.41) is 13.3. The average molecular weight is 167 g/mol. The van der Waals surface area contributed by atoms with Crippen LogP contribution in [0.25, 0.3) is 0 Å². The molecule has 0 aliphatic heterocycles. The van der Waals surface area contributed by atoms with Crippen molar-refractivity contribution in [3.05, 3.63) is 29.9 Å². The van der Waals surface area contributed by atoms with Crippen molar-refractivity contribution in [2.24, 2.45) is 5.10 Å². The molecule has 4 heteroatoms. The Balaban J connectivity index is 3.18. The molecule has 2 N–H and O–H groups in total. The zero-order chi connectivity index (χ0) is 8.97. The minimum atomic E-state index is -0.557. The molecule has 0 amide bonds. The quantitative estimate of drug-likeness (QED) is 0.611. The van der Waals surface area contributed by atoms with E-state index in [2.05, 4.69) is 10.5 Å². The third-order valence-electron chi connectivity index (χ3n) is 1.50. The van der Waals surface area contributed by atoms with E-state index in [1.807, 2.05) is 18.2 Å². The highest BCUT2D eigenvalue weighted by Gasteiger charge is 1.96. The topological polar surface area (TPSA) is 49.5 Å². The van der Waals surface area contributed by atoms with Crippen LogP contribution in [0.1, 0.15) is 13.2 Å². The van der Waals surface area contributed by atoms with Gasteiger partial charge < -0.3 is 15.1 Å². The lowest BCUT2D eigenvalue weighted by atomic mass is 10.4. The minimum Gasteiger partial charge on any atom is -0.374 e. The largest absolute Gasteiger partial charge is 0.374 e. The van der Waals surface area contributed by atoms with Crippen LogP contribution in [0.4, 0.5) is 0 Å². The van der Waals surface area contributed by atoms with E-state index in [4.69, 9.17) is 0 Å². The molecule has 0 bridgehead atoms. The van der Waals surface area contributed by atoms with Crippen molar-refractivity contribution in [1.29, 1.82) is 0 Å². The number of pyridine rings is 1. The van der Waals surface area contributed by atoms with Crippen molar-refractivity contribution in [1.82, 2.24) is 9.99 Å². The number of hydrogen-bond acceptors (Lipinski definition) is 3. The van der Waals surface area contributed by atoms with Crippen LogP contribution in [0.2, 0.25) is 0 Å². The molecule has 0 fully saturated rings. The van der Waals surface area contributed by atoms with Gasteiger partial charge in [0.1, 0.15) is 6.23 Å². The Morgan fingerprint density at radius 3 is 2.92 bits per heavy atom. The maximum absolute atomic E-state index is 9.31. The highest BCUT2D eigenvalue weighted by Crippen LogP contribution is 1.93. The van der Waals surface area contributed by atoms with Crippen molar-refractivity contribution >= 4 is 0 Å². The lowest BCUT2D eigenvalue weighted by Crippen LogP contribution is -2.24. The molecule has 4 nitrogen and oxygen atoms in total. The standard InChI is InChI=1S/C8H13N3O/c1-7(12)11-6-4-3-5-8(11)10-9-2/h3-7,9,12H,1-2H3/b10-8-/t7-/m1/s1. The van der Waals surface area contributed by atoms with Gasteiger partial charge in [-0.25, -0.2) is 0 Å². The van der Waals surface area contributed by atoms with Gasteiger partial charge in [0.05, 0.1) is 0 Å². The summed E-state index contributed by atoms with van der Waals surface area (Å²) in [6, 6.07) is 5.54. The summed E-state index contributed by atoms with van der Waals surface area (Å²) in [4.78, 5) is 0. The maximum Gasteiger partial charge on any atom is 0.154 e. The van der Waals surface area contributed by atoms with Crippen molar-refractivity contribution in [2.45, 2.75) is 13.2 Å². The minimum absolute atomic E-state index is 0.557. The number of aliphatic hydroxyl groups is 1. The van der Waals surface area contributed by atoms with Gasteiger partial charge in [-0.15, -0.1) is 0 Å². The second-order valence-corrected chi connectivity index (χ2v) is 2.43. The number of hydrogen-bond donors (Lipinski definition) is 2. The van der Waals surface area contributed by atoms with E-state index < -0.39 is 6.23 Å². The van der Waals surface area contributed by atoms with Gasteiger partial charge in [-0.3, -0.25) is 0 Å². The third-order valence-corrected chi connectivity index (χ3v) is 1.50. The SMILES string of the molecule is CN/N=c1/ccccn1[C@@H](C)O. The molecule has 0 aliphatic rings. The molecular formula is C8H13N3O. The molecule has 1 heterocycles. The molecule has 0 saturated carbocycles. The predicted octanol–water partition coefficient (Wildman–Crippen LogP) is 0.0340. The van der Waals surface area contributed by atoms with E-state index in [9.17, 15) is 5.11 Å². The summed E-state index contributed by atoms with van der Waals surface area (Å²) in [6.45, 7) is 1.69. The molecule has 1 rings (SSSR count). The Morgan fingerprint density at radius 1 is 1.58 bits per heavy atom. The number of nitrogens with one attached hydrogen (secondary N) is 1. The van der Waals surface area contributed by atoms with Gasteiger partial charge >= 0.3 is 0 Å². The number of aromatic nitrogens is 1. The zero-order valence-electron chi connectivity index (χ0n) is 7.23. The smallest absolute Gasteiger partial charge is 0.154 e. The molecule has 66 valence electrons. The Kier molecular flexibility index (Phi) is 2.88. The van der Waals surface area contributed by atoms with E-state index >= 15 is 0 Å². The Labute approximate surface area is 71.2 Å². The van der Waals surface area contributed by atoms with Crippen molar-refractivity contribution in [2.75, 3.05) is 7.05 Å². The molecule has 0 aliphatic carbocycles. The van der Waals surface area contributed by atoms with E-state index in [0.717, 1.165) is 0 Å². The van der Waals surface area contributed by atoms with Gasteiger partial charge in [0.25, 0.3) is 0 Å². The first-order chi connectivity index (χ1) is 5.75. The predicted molar refractivity (Wildman–Crippen MR) is 46.0 cm³/mol. The Hall–Kier alpha value is -1.29. The van der Waals surface area contributed by atoms with Crippen LogP contribution >= 0.6 is 0 Å². The van der Waals surface area contributed by atoms with Crippen molar-refractivity contribution in [3.8, 4) is 0 Å². The second kappa shape index (κ2) is 3.92. The normalized spacial score (nSPS) is 14.4. The first kappa shape index (κ1) is 8.80. The highest BCUT2D eigenvalue weighted by molar-refractivity contribution is 4.92. The van der Waals surface area contributed by atoms with Gasteiger partial charge in [-0.05, 0) is 19.1 Å². The van der Waals surface area contributed by atoms with Crippen LogP contribution in [0.15, 0.2) is 29.5 Å². The lowest BCUT2D eigenvalue weighted by molar-refractivity contribution is 0.119. The summed E-state index contributed by atoms with van der Waals surface area (Å²) in [7, 11) is 1.72. The van der Waals surface area contributed by atoms with E-state index in [1.165, 1.54) is 0 Å². The fourth-order valence-corrected chi connectivity index (χ4v) is 0.972.